The van der Waals surface area contributed by atoms with Gasteiger partial charge < -0.3 is 14.6 Å². The highest BCUT2D eigenvalue weighted by Crippen LogP contribution is 2.42. The van der Waals surface area contributed by atoms with Gasteiger partial charge in [0.15, 0.2) is 0 Å². The summed E-state index contributed by atoms with van der Waals surface area (Å²) < 4.78 is 12.4. The predicted octanol–water partition coefficient (Wildman–Crippen LogP) is 4.66. The molecule has 1 aliphatic heterocycles. The van der Waals surface area contributed by atoms with Crippen LogP contribution >= 0.6 is 0 Å². The molecule has 134 valence electrons. The molecule has 2 aromatic rings. The molecule has 0 fully saturated rings. The molecule has 1 N–H and O–H groups in total. The molecule has 0 saturated carbocycles. The number of ether oxygens (including phenoxy) is 2. The maximum absolute atomic E-state index is 9.65. The Morgan fingerprint density at radius 2 is 1.84 bits per heavy atom. The first-order valence-corrected chi connectivity index (χ1v) is 9.11. The lowest BCUT2D eigenvalue weighted by Crippen LogP contribution is -2.27. The third kappa shape index (κ3) is 3.82. The summed E-state index contributed by atoms with van der Waals surface area (Å²) >= 11 is 0. The van der Waals surface area contributed by atoms with Crippen molar-refractivity contribution < 1.29 is 14.6 Å². The van der Waals surface area contributed by atoms with Crippen LogP contribution in [0.5, 0.6) is 11.5 Å². The minimum absolute atomic E-state index is 0.0982. The Morgan fingerprint density at radius 1 is 1.12 bits per heavy atom. The molecule has 3 heteroatoms. The highest BCUT2D eigenvalue weighted by atomic mass is 16.5. The van der Waals surface area contributed by atoms with Gasteiger partial charge in [-0.1, -0.05) is 30.3 Å². The minimum atomic E-state index is -0.331. The molecule has 3 rings (SSSR count). The average Bonchev–Trinajstić information content (AvgIpc) is 2.60. The summed E-state index contributed by atoms with van der Waals surface area (Å²) in [4.78, 5) is 0. The van der Waals surface area contributed by atoms with Crippen molar-refractivity contribution in [2.24, 2.45) is 0 Å². The third-order valence-electron chi connectivity index (χ3n) is 5.14. The number of aliphatic hydroxyl groups excluding tert-OH is 1. The Morgan fingerprint density at radius 3 is 2.52 bits per heavy atom. The zero-order valence-corrected chi connectivity index (χ0v) is 15.6. The number of rotatable bonds is 5. The maximum atomic E-state index is 9.65. The topological polar surface area (TPSA) is 38.7 Å². The van der Waals surface area contributed by atoms with E-state index in [0.29, 0.717) is 13.0 Å². The van der Waals surface area contributed by atoms with Crippen LogP contribution in [0.4, 0.5) is 0 Å². The lowest BCUT2D eigenvalue weighted by Gasteiger charge is -2.31. The van der Waals surface area contributed by atoms with E-state index < -0.39 is 0 Å². The Hall–Kier alpha value is -2.00. The molecule has 1 aliphatic rings. The fourth-order valence-corrected chi connectivity index (χ4v) is 3.64. The van der Waals surface area contributed by atoms with Crippen molar-refractivity contribution in [2.45, 2.75) is 65.8 Å². The van der Waals surface area contributed by atoms with E-state index in [1.54, 1.807) is 0 Å². The zero-order valence-electron chi connectivity index (χ0n) is 15.6. The summed E-state index contributed by atoms with van der Waals surface area (Å²) in [6.07, 6.45) is 2.37. The summed E-state index contributed by atoms with van der Waals surface area (Å²) in [6.45, 7) is 8.73. The van der Waals surface area contributed by atoms with Crippen LogP contribution in [0, 0.1) is 20.8 Å². The molecule has 0 spiro atoms. The Labute approximate surface area is 150 Å². The van der Waals surface area contributed by atoms with Crippen molar-refractivity contribution in [3.05, 3.63) is 58.1 Å². The Kier molecular flexibility index (Phi) is 5.33. The van der Waals surface area contributed by atoms with E-state index in [9.17, 15) is 5.11 Å². The molecular weight excluding hydrogens is 312 g/mol. The predicted molar refractivity (Wildman–Crippen MR) is 100 cm³/mol. The van der Waals surface area contributed by atoms with Gasteiger partial charge in [-0.2, -0.15) is 0 Å². The van der Waals surface area contributed by atoms with Gasteiger partial charge in [-0.3, -0.25) is 0 Å². The standard InChI is InChI=1S/C22H28O3/c1-14(23)12-19-10-11-20-17(4)21(15(2)16(3)22(20)25-19)24-13-18-8-6-5-7-9-18/h5-9,14,19,23H,10-13H2,1-4H3. The van der Waals surface area contributed by atoms with Crippen LogP contribution in [0.1, 0.15) is 47.6 Å². The van der Waals surface area contributed by atoms with Crippen molar-refractivity contribution in [1.82, 2.24) is 0 Å². The van der Waals surface area contributed by atoms with Crippen LogP contribution in [0.15, 0.2) is 30.3 Å². The maximum Gasteiger partial charge on any atom is 0.126 e. The molecule has 0 saturated heterocycles. The van der Waals surface area contributed by atoms with Gasteiger partial charge in [0.05, 0.1) is 6.10 Å². The average molecular weight is 340 g/mol. The Balaban J connectivity index is 1.86. The van der Waals surface area contributed by atoms with Gasteiger partial charge in [-0.05, 0) is 62.8 Å². The summed E-state index contributed by atoms with van der Waals surface area (Å²) in [5.74, 6) is 1.98. The number of hydrogen-bond acceptors (Lipinski definition) is 3. The summed E-state index contributed by atoms with van der Waals surface area (Å²) in [6, 6.07) is 10.3. The second-order valence-electron chi connectivity index (χ2n) is 7.15. The van der Waals surface area contributed by atoms with Crippen molar-refractivity contribution in [1.29, 1.82) is 0 Å². The van der Waals surface area contributed by atoms with Crippen LogP contribution < -0.4 is 9.47 Å². The fraction of sp³-hybridized carbons (Fsp3) is 0.455. The smallest absolute Gasteiger partial charge is 0.126 e. The second kappa shape index (κ2) is 7.49. The van der Waals surface area contributed by atoms with Gasteiger partial charge >= 0.3 is 0 Å². The number of fused-ring (bicyclic) bond motifs is 1. The molecule has 0 amide bonds. The quantitative estimate of drug-likeness (QED) is 0.861. The molecule has 0 radical (unpaired) electrons. The van der Waals surface area contributed by atoms with Crippen LogP contribution in [-0.2, 0) is 13.0 Å². The second-order valence-corrected chi connectivity index (χ2v) is 7.15. The Bertz CT molecular complexity index is 735. The van der Waals surface area contributed by atoms with E-state index in [4.69, 9.17) is 9.47 Å². The van der Waals surface area contributed by atoms with Crippen LogP contribution in [0.3, 0.4) is 0 Å². The van der Waals surface area contributed by atoms with E-state index in [2.05, 4.69) is 32.9 Å². The van der Waals surface area contributed by atoms with Crippen molar-refractivity contribution in [3.63, 3.8) is 0 Å². The van der Waals surface area contributed by atoms with Crippen LogP contribution in [0.25, 0.3) is 0 Å². The zero-order chi connectivity index (χ0) is 18.0. The minimum Gasteiger partial charge on any atom is -0.490 e. The first-order chi connectivity index (χ1) is 12.0. The number of hydrogen-bond donors (Lipinski definition) is 1. The summed E-state index contributed by atoms with van der Waals surface area (Å²) in [7, 11) is 0. The van der Waals surface area contributed by atoms with Gasteiger partial charge in [0.1, 0.15) is 24.2 Å². The van der Waals surface area contributed by atoms with E-state index >= 15 is 0 Å². The number of aliphatic hydroxyl groups is 1. The fourth-order valence-electron chi connectivity index (χ4n) is 3.64. The third-order valence-corrected chi connectivity index (χ3v) is 5.14. The molecule has 25 heavy (non-hydrogen) atoms. The molecule has 0 bridgehead atoms. The molecule has 2 atom stereocenters. The van der Waals surface area contributed by atoms with Crippen molar-refractivity contribution in [2.75, 3.05) is 0 Å². The molecule has 3 nitrogen and oxygen atoms in total. The lowest BCUT2D eigenvalue weighted by atomic mass is 9.90. The SMILES string of the molecule is Cc1c(C)c2c(c(C)c1OCc1ccccc1)CCC(CC(C)O)O2. The van der Waals surface area contributed by atoms with Gasteiger partial charge in [0, 0.05) is 12.0 Å². The summed E-state index contributed by atoms with van der Waals surface area (Å²) in [5.41, 5.74) is 5.91. The van der Waals surface area contributed by atoms with E-state index in [1.165, 1.54) is 16.7 Å². The van der Waals surface area contributed by atoms with Crippen molar-refractivity contribution >= 4 is 0 Å². The van der Waals surface area contributed by atoms with E-state index in [-0.39, 0.29) is 12.2 Å². The van der Waals surface area contributed by atoms with Gasteiger partial charge in [-0.25, -0.2) is 0 Å². The first kappa shape index (κ1) is 17.8. The highest BCUT2D eigenvalue weighted by Gasteiger charge is 2.27. The highest BCUT2D eigenvalue weighted by molar-refractivity contribution is 5.58. The van der Waals surface area contributed by atoms with E-state index in [0.717, 1.165) is 35.5 Å². The lowest BCUT2D eigenvalue weighted by molar-refractivity contribution is 0.0916. The molecule has 2 aromatic carbocycles. The van der Waals surface area contributed by atoms with Crippen LogP contribution in [0.2, 0.25) is 0 Å². The monoisotopic (exact) mass is 340 g/mol. The van der Waals surface area contributed by atoms with Crippen molar-refractivity contribution in [3.8, 4) is 11.5 Å². The largest absolute Gasteiger partial charge is 0.490 e. The molecule has 1 heterocycles. The normalized spacial score (nSPS) is 17.6. The number of benzene rings is 2. The molecule has 0 aliphatic carbocycles. The first-order valence-electron chi connectivity index (χ1n) is 9.11. The van der Waals surface area contributed by atoms with E-state index in [1.807, 2.05) is 25.1 Å². The molecule has 0 aromatic heterocycles. The van der Waals surface area contributed by atoms with Gasteiger partial charge in [-0.15, -0.1) is 0 Å². The van der Waals surface area contributed by atoms with Crippen LogP contribution in [-0.4, -0.2) is 17.3 Å². The molecule has 2 unspecified atom stereocenters. The van der Waals surface area contributed by atoms with Gasteiger partial charge in [0.2, 0.25) is 0 Å². The summed E-state index contributed by atoms with van der Waals surface area (Å²) in [5, 5.41) is 9.65. The van der Waals surface area contributed by atoms with Gasteiger partial charge in [0.25, 0.3) is 0 Å². The molecular formula is C22H28O3.